The fourth-order valence-corrected chi connectivity index (χ4v) is 2.24. The van der Waals surface area contributed by atoms with E-state index in [4.69, 9.17) is 10.3 Å². The molecule has 0 saturated carbocycles. The quantitative estimate of drug-likeness (QED) is 0.768. The van der Waals surface area contributed by atoms with Crippen LogP contribution in [-0.2, 0) is 0 Å². The lowest BCUT2D eigenvalue weighted by Gasteiger charge is -2.07. The van der Waals surface area contributed by atoms with E-state index in [9.17, 15) is 0 Å². The monoisotopic (exact) mass is 265 g/mol. The molecule has 2 N–H and O–H groups in total. The first kappa shape index (κ1) is 12.4. The second kappa shape index (κ2) is 4.81. The number of nitrogens with two attached hydrogens (primary N) is 1. The third-order valence-corrected chi connectivity index (χ3v) is 3.49. The van der Waals surface area contributed by atoms with Gasteiger partial charge in [0.05, 0.1) is 11.3 Å². The molecule has 3 aromatic rings. The Balaban J connectivity index is 2.24. The number of hydrogen-bond acceptors (Lipinski definition) is 4. The summed E-state index contributed by atoms with van der Waals surface area (Å²) >= 11 is 0. The van der Waals surface area contributed by atoms with Gasteiger partial charge in [0.2, 0.25) is 0 Å². The van der Waals surface area contributed by atoms with Crippen LogP contribution < -0.4 is 5.73 Å². The van der Waals surface area contributed by atoms with Crippen molar-refractivity contribution >= 4 is 5.82 Å². The third-order valence-electron chi connectivity index (χ3n) is 3.49. The number of aryl methyl sites for hydroxylation is 1. The number of rotatable bonds is 2. The van der Waals surface area contributed by atoms with E-state index < -0.39 is 0 Å². The van der Waals surface area contributed by atoms with Crippen molar-refractivity contribution in [1.29, 1.82) is 0 Å². The summed E-state index contributed by atoms with van der Waals surface area (Å²) < 4.78 is 5.46. The highest BCUT2D eigenvalue weighted by molar-refractivity contribution is 5.86. The number of hydrogen-bond donors (Lipinski definition) is 1. The molecule has 0 atom stereocenters. The molecule has 4 nitrogen and oxygen atoms in total. The normalized spacial score (nSPS) is 10.7. The predicted octanol–water partition coefficient (Wildman–Crippen LogP) is 3.60. The molecule has 0 aliphatic heterocycles. The second-order valence-electron chi connectivity index (χ2n) is 4.73. The highest BCUT2D eigenvalue weighted by Crippen LogP contribution is 2.37. The van der Waals surface area contributed by atoms with E-state index in [1.165, 1.54) is 5.56 Å². The van der Waals surface area contributed by atoms with Crippen LogP contribution in [0.5, 0.6) is 0 Å². The summed E-state index contributed by atoms with van der Waals surface area (Å²) in [6, 6.07) is 11.8. The van der Waals surface area contributed by atoms with E-state index >= 15 is 0 Å². The number of nitrogen functional groups attached to an aromatic ring is 1. The van der Waals surface area contributed by atoms with Gasteiger partial charge in [-0.2, -0.15) is 0 Å². The first-order valence-electron chi connectivity index (χ1n) is 6.41. The zero-order valence-corrected chi connectivity index (χ0v) is 11.4. The molecule has 0 saturated heterocycles. The number of aromatic nitrogens is 2. The highest BCUT2D eigenvalue weighted by Gasteiger charge is 2.20. The lowest BCUT2D eigenvalue weighted by atomic mass is 9.98. The van der Waals surface area contributed by atoms with Crippen LogP contribution in [0.3, 0.4) is 0 Å². The van der Waals surface area contributed by atoms with E-state index in [1.807, 2.05) is 30.3 Å². The first-order chi connectivity index (χ1) is 9.68. The van der Waals surface area contributed by atoms with Gasteiger partial charge in [0.1, 0.15) is 0 Å². The van der Waals surface area contributed by atoms with Crippen molar-refractivity contribution < 1.29 is 4.52 Å². The minimum absolute atomic E-state index is 0.361. The van der Waals surface area contributed by atoms with Gasteiger partial charge in [-0.05, 0) is 37.1 Å². The summed E-state index contributed by atoms with van der Waals surface area (Å²) in [4.78, 5) is 4.34. The molecule has 2 heterocycles. The van der Waals surface area contributed by atoms with Gasteiger partial charge in [-0.25, -0.2) is 0 Å². The van der Waals surface area contributed by atoms with E-state index in [2.05, 4.69) is 30.1 Å². The van der Waals surface area contributed by atoms with Crippen molar-refractivity contribution in [3.05, 3.63) is 53.7 Å². The van der Waals surface area contributed by atoms with Crippen LogP contribution in [0.15, 0.2) is 47.1 Å². The Morgan fingerprint density at radius 3 is 2.65 bits per heavy atom. The van der Waals surface area contributed by atoms with Crippen molar-refractivity contribution in [3.63, 3.8) is 0 Å². The summed E-state index contributed by atoms with van der Waals surface area (Å²) in [5.74, 6) is 1.03. The minimum atomic E-state index is 0.361. The molecule has 4 heteroatoms. The Morgan fingerprint density at radius 1 is 1.05 bits per heavy atom. The van der Waals surface area contributed by atoms with Crippen LogP contribution in [0.1, 0.15) is 11.1 Å². The number of benzene rings is 1. The standard InChI is InChI=1S/C16H15N3O/c1-10-6-5-7-12(11(10)2)15-14(16(17)19-20-15)13-8-3-4-9-18-13/h3-9H,1-2H3,(H2,17,19). The smallest absolute Gasteiger partial charge is 0.178 e. The molecule has 0 radical (unpaired) electrons. The Morgan fingerprint density at radius 2 is 1.90 bits per heavy atom. The molecule has 1 aromatic carbocycles. The molecule has 3 rings (SSSR count). The second-order valence-corrected chi connectivity index (χ2v) is 4.73. The molecule has 0 unspecified atom stereocenters. The van der Waals surface area contributed by atoms with Gasteiger partial charge in [-0.15, -0.1) is 0 Å². The summed E-state index contributed by atoms with van der Waals surface area (Å²) in [6.07, 6.45) is 1.73. The van der Waals surface area contributed by atoms with Crippen LogP contribution >= 0.6 is 0 Å². The summed E-state index contributed by atoms with van der Waals surface area (Å²) in [6.45, 7) is 4.13. The lowest BCUT2D eigenvalue weighted by molar-refractivity contribution is 0.436. The van der Waals surface area contributed by atoms with Crippen LogP contribution in [0, 0.1) is 13.8 Å². The maximum absolute atomic E-state index is 5.95. The maximum Gasteiger partial charge on any atom is 0.178 e. The zero-order chi connectivity index (χ0) is 14.1. The summed E-state index contributed by atoms with van der Waals surface area (Å²) in [5.41, 5.74) is 10.8. The Hall–Kier alpha value is -2.62. The van der Waals surface area contributed by atoms with E-state index in [1.54, 1.807) is 6.20 Å². The van der Waals surface area contributed by atoms with Gasteiger partial charge in [0.15, 0.2) is 11.6 Å². The number of pyridine rings is 1. The van der Waals surface area contributed by atoms with Gasteiger partial charge in [0.25, 0.3) is 0 Å². The van der Waals surface area contributed by atoms with Gasteiger partial charge in [-0.1, -0.05) is 29.4 Å². The average Bonchev–Trinajstić information content (AvgIpc) is 2.84. The molecular formula is C16H15N3O. The molecule has 0 bridgehead atoms. The Labute approximate surface area is 117 Å². The fraction of sp³-hybridized carbons (Fsp3) is 0.125. The largest absolute Gasteiger partial charge is 0.380 e. The molecule has 0 fully saturated rings. The first-order valence-corrected chi connectivity index (χ1v) is 6.41. The van der Waals surface area contributed by atoms with Crippen LogP contribution in [0.4, 0.5) is 5.82 Å². The lowest BCUT2D eigenvalue weighted by Crippen LogP contribution is -1.92. The molecule has 0 spiro atoms. The van der Waals surface area contributed by atoms with Crippen LogP contribution in [0.2, 0.25) is 0 Å². The SMILES string of the molecule is Cc1cccc(-c2onc(N)c2-c2ccccn2)c1C. The van der Waals surface area contributed by atoms with Crippen molar-refractivity contribution in [2.75, 3.05) is 5.73 Å². The molecule has 0 aliphatic rings. The third kappa shape index (κ3) is 1.95. The summed E-state index contributed by atoms with van der Waals surface area (Å²) in [5, 5.41) is 3.90. The molecule has 20 heavy (non-hydrogen) atoms. The minimum Gasteiger partial charge on any atom is -0.380 e. The molecule has 100 valence electrons. The highest BCUT2D eigenvalue weighted by atomic mass is 16.5. The predicted molar refractivity (Wildman–Crippen MR) is 79.1 cm³/mol. The molecule has 0 amide bonds. The molecule has 0 aliphatic carbocycles. The average molecular weight is 265 g/mol. The van der Waals surface area contributed by atoms with Crippen molar-refractivity contribution in [2.45, 2.75) is 13.8 Å². The maximum atomic E-state index is 5.95. The van der Waals surface area contributed by atoms with Gasteiger partial charge in [0, 0.05) is 11.8 Å². The fourth-order valence-electron chi connectivity index (χ4n) is 2.24. The molecular weight excluding hydrogens is 250 g/mol. The van der Waals surface area contributed by atoms with Gasteiger partial charge < -0.3 is 10.3 Å². The van der Waals surface area contributed by atoms with Crippen molar-refractivity contribution in [2.24, 2.45) is 0 Å². The van der Waals surface area contributed by atoms with Crippen molar-refractivity contribution in [3.8, 4) is 22.6 Å². The Kier molecular flexibility index (Phi) is 2.99. The topological polar surface area (TPSA) is 64.9 Å². The number of anilines is 1. The number of nitrogens with zero attached hydrogens (tertiary/aromatic N) is 2. The van der Waals surface area contributed by atoms with E-state index in [0.29, 0.717) is 11.6 Å². The molecule has 2 aromatic heterocycles. The zero-order valence-electron chi connectivity index (χ0n) is 11.4. The van der Waals surface area contributed by atoms with Crippen molar-refractivity contribution in [1.82, 2.24) is 10.1 Å². The van der Waals surface area contributed by atoms with Crippen LogP contribution in [-0.4, -0.2) is 10.1 Å². The van der Waals surface area contributed by atoms with Crippen LogP contribution in [0.25, 0.3) is 22.6 Å². The van der Waals surface area contributed by atoms with E-state index in [-0.39, 0.29) is 0 Å². The summed E-state index contributed by atoms with van der Waals surface area (Å²) in [7, 11) is 0. The van der Waals surface area contributed by atoms with E-state index in [0.717, 1.165) is 22.4 Å². The van der Waals surface area contributed by atoms with Gasteiger partial charge in [-0.3, -0.25) is 4.98 Å². The Bertz CT molecular complexity index is 748. The van der Waals surface area contributed by atoms with Gasteiger partial charge >= 0.3 is 0 Å².